The van der Waals surface area contributed by atoms with Crippen molar-refractivity contribution in [2.24, 2.45) is 0 Å². The summed E-state index contributed by atoms with van der Waals surface area (Å²) in [5.74, 6) is 0. The first-order chi connectivity index (χ1) is 14.3. The molecule has 5 rings (SSSR count). The van der Waals surface area contributed by atoms with E-state index in [0.717, 1.165) is 38.0 Å². The smallest absolute Gasteiger partial charge is 0.185 e. The van der Waals surface area contributed by atoms with Gasteiger partial charge in [0.05, 0.1) is 13.2 Å². The van der Waals surface area contributed by atoms with Gasteiger partial charge in [0.15, 0.2) is 5.13 Å². The van der Waals surface area contributed by atoms with Crippen molar-refractivity contribution in [3.05, 3.63) is 46.5 Å². The molecule has 0 saturated carbocycles. The van der Waals surface area contributed by atoms with Crippen molar-refractivity contribution in [3.8, 4) is 0 Å². The van der Waals surface area contributed by atoms with Gasteiger partial charge >= 0.3 is 0 Å². The lowest BCUT2D eigenvalue weighted by Gasteiger charge is -2.40. The van der Waals surface area contributed by atoms with Crippen LogP contribution in [0.4, 0.5) is 5.13 Å². The predicted octanol–water partition coefficient (Wildman–Crippen LogP) is 3.04. The van der Waals surface area contributed by atoms with Crippen LogP contribution in [0.25, 0.3) is 0 Å². The van der Waals surface area contributed by atoms with Gasteiger partial charge in [0.25, 0.3) is 0 Å². The molecule has 5 nitrogen and oxygen atoms in total. The number of rotatable bonds is 5. The van der Waals surface area contributed by atoms with Crippen LogP contribution >= 0.6 is 11.3 Å². The van der Waals surface area contributed by atoms with Gasteiger partial charge in [-0.2, -0.15) is 0 Å². The molecule has 3 aliphatic rings. The number of hydrogen-bond donors (Lipinski definition) is 0. The maximum Gasteiger partial charge on any atom is 0.185 e. The summed E-state index contributed by atoms with van der Waals surface area (Å²) in [6, 6.07) is 10.3. The molecule has 0 radical (unpaired) electrons. The van der Waals surface area contributed by atoms with Crippen LogP contribution in [0.5, 0.6) is 0 Å². The molecule has 1 atom stereocenters. The molecule has 0 amide bonds. The molecule has 1 aromatic carbocycles. The summed E-state index contributed by atoms with van der Waals surface area (Å²) >= 11 is 1.85. The van der Waals surface area contributed by atoms with Crippen molar-refractivity contribution in [1.29, 1.82) is 0 Å². The number of piperidine rings is 1. The van der Waals surface area contributed by atoms with E-state index in [4.69, 9.17) is 9.72 Å². The van der Waals surface area contributed by atoms with Gasteiger partial charge < -0.3 is 9.64 Å². The van der Waals surface area contributed by atoms with Gasteiger partial charge in [-0.05, 0) is 50.4 Å². The molecule has 0 bridgehead atoms. The number of nitrogens with zero attached hydrogens (tertiary/aromatic N) is 4. The van der Waals surface area contributed by atoms with Crippen molar-refractivity contribution in [2.75, 3.05) is 51.3 Å². The molecule has 0 unspecified atom stereocenters. The molecule has 156 valence electrons. The molecule has 3 heterocycles. The number of anilines is 1. The molecular formula is C23H32N4OS. The van der Waals surface area contributed by atoms with Crippen molar-refractivity contribution in [1.82, 2.24) is 14.8 Å². The van der Waals surface area contributed by atoms with Crippen LogP contribution in [-0.4, -0.2) is 73.3 Å². The van der Waals surface area contributed by atoms with E-state index < -0.39 is 0 Å². The summed E-state index contributed by atoms with van der Waals surface area (Å²) in [6.45, 7) is 7.02. The Hall–Kier alpha value is -1.47. The Morgan fingerprint density at radius 1 is 1.14 bits per heavy atom. The minimum absolute atomic E-state index is 0.640. The number of hydrogen-bond acceptors (Lipinski definition) is 6. The Morgan fingerprint density at radius 2 is 1.90 bits per heavy atom. The average Bonchev–Trinajstić information content (AvgIpc) is 3.41. The maximum atomic E-state index is 5.47. The second-order valence-electron chi connectivity index (χ2n) is 8.75. The van der Waals surface area contributed by atoms with Crippen LogP contribution in [-0.2, 0) is 24.1 Å². The summed E-state index contributed by atoms with van der Waals surface area (Å²) in [5, 5.41) is 1.16. The molecule has 1 aliphatic carbocycles. The zero-order valence-corrected chi connectivity index (χ0v) is 18.2. The number of ether oxygens (including phenoxy) is 1. The highest BCUT2D eigenvalue weighted by molar-refractivity contribution is 7.15. The number of morpholine rings is 1. The number of benzene rings is 1. The fourth-order valence-corrected chi connectivity index (χ4v) is 6.14. The second-order valence-corrected chi connectivity index (χ2v) is 9.84. The van der Waals surface area contributed by atoms with E-state index in [1.165, 1.54) is 43.6 Å². The molecular weight excluding hydrogens is 380 g/mol. The van der Waals surface area contributed by atoms with E-state index in [1.54, 1.807) is 11.1 Å². The fourth-order valence-electron chi connectivity index (χ4n) is 5.11. The van der Waals surface area contributed by atoms with Gasteiger partial charge in [0.2, 0.25) is 0 Å². The molecule has 2 fully saturated rings. The molecule has 2 saturated heterocycles. The van der Waals surface area contributed by atoms with Gasteiger partial charge in [-0.15, -0.1) is 11.3 Å². The van der Waals surface area contributed by atoms with Crippen LogP contribution in [0.3, 0.4) is 0 Å². The van der Waals surface area contributed by atoms with Gasteiger partial charge in [0.1, 0.15) is 0 Å². The van der Waals surface area contributed by atoms with E-state index in [0.29, 0.717) is 12.1 Å². The number of likely N-dealkylation sites (tertiary alicyclic amines) is 1. The average molecular weight is 413 g/mol. The summed E-state index contributed by atoms with van der Waals surface area (Å²) < 4.78 is 5.47. The van der Waals surface area contributed by atoms with E-state index in [2.05, 4.69) is 52.2 Å². The van der Waals surface area contributed by atoms with E-state index in [-0.39, 0.29) is 0 Å². The third kappa shape index (κ3) is 4.36. The monoisotopic (exact) mass is 412 g/mol. The molecule has 2 aliphatic heterocycles. The summed E-state index contributed by atoms with van der Waals surface area (Å²) in [4.78, 5) is 13.7. The zero-order chi connectivity index (χ0) is 19.6. The van der Waals surface area contributed by atoms with Gasteiger partial charge in [-0.1, -0.05) is 24.3 Å². The molecule has 2 aromatic rings. The minimum atomic E-state index is 0.640. The first-order valence-electron chi connectivity index (χ1n) is 11.0. The number of thiazole rings is 1. The van der Waals surface area contributed by atoms with Crippen molar-refractivity contribution in [2.45, 2.75) is 44.3 Å². The SMILES string of the molecule is CN(Cc1cnc(N2CCOCC2)s1)[C@H]1CCCN(C2Cc3ccccc3C2)C1. The number of aromatic nitrogens is 1. The third-order valence-electron chi connectivity index (χ3n) is 6.83. The van der Waals surface area contributed by atoms with Crippen molar-refractivity contribution < 1.29 is 4.74 Å². The Balaban J connectivity index is 1.17. The Morgan fingerprint density at radius 3 is 2.66 bits per heavy atom. The highest BCUT2D eigenvalue weighted by Gasteiger charge is 2.31. The molecule has 6 heteroatoms. The van der Waals surface area contributed by atoms with Crippen LogP contribution in [0.15, 0.2) is 30.5 Å². The van der Waals surface area contributed by atoms with Crippen LogP contribution in [0.2, 0.25) is 0 Å². The largest absolute Gasteiger partial charge is 0.378 e. The Kier molecular flexibility index (Phi) is 5.86. The maximum absolute atomic E-state index is 5.47. The number of likely N-dealkylation sites (N-methyl/N-ethyl adjacent to an activating group) is 1. The zero-order valence-electron chi connectivity index (χ0n) is 17.4. The first kappa shape index (κ1) is 19.5. The molecule has 0 N–H and O–H groups in total. The molecule has 0 spiro atoms. The molecule has 1 aromatic heterocycles. The van der Waals surface area contributed by atoms with Gasteiger partial charge in [-0.25, -0.2) is 4.98 Å². The van der Waals surface area contributed by atoms with Crippen molar-refractivity contribution in [3.63, 3.8) is 0 Å². The highest BCUT2D eigenvalue weighted by atomic mass is 32.1. The Bertz CT molecular complexity index is 794. The summed E-state index contributed by atoms with van der Waals surface area (Å²) in [6.07, 6.45) is 7.15. The van der Waals surface area contributed by atoms with E-state index >= 15 is 0 Å². The lowest BCUT2D eigenvalue weighted by atomic mass is 10.0. The summed E-state index contributed by atoms with van der Waals surface area (Å²) in [7, 11) is 2.30. The predicted molar refractivity (Wildman–Crippen MR) is 119 cm³/mol. The van der Waals surface area contributed by atoms with Crippen LogP contribution in [0, 0.1) is 0 Å². The lowest BCUT2D eigenvalue weighted by molar-refractivity contribution is 0.0840. The fraction of sp³-hybridized carbons (Fsp3) is 0.609. The number of fused-ring (bicyclic) bond motifs is 1. The summed E-state index contributed by atoms with van der Waals surface area (Å²) in [5.41, 5.74) is 3.13. The van der Waals surface area contributed by atoms with Crippen LogP contribution < -0.4 is 4.90 Å². The first-order valence-corrected chi connectivity index (χ1v) is 11.9. The quantitative estimate of drug-likeness (QED) is 0.754. The van der Waals surface area contributed by atoms with Crippen LogP contribution in [0.1, 0.15) is 28.8 Å². The normalized spacial score (nSPS) is 23.7. The van der Waals surface area contributed by atoms with E-state index in [1.807, 2.05) is 11.3 Å². The highest BCUT2D eigenvalue weighted by Crippen LogP contribution is 2.29. The Labute approximate surface area is 178 Å². The molecule has 29 heavy (non-hydrogen) atoms. The van der Waals surface area contributed by atoms with Gasteiger partial charge in [0, 0.05) is 49.3 Å². The van der Waals surface area contributed by atoms with E-state index in [9.17, 15) is 0 Å². The van der Waals surface area contributed by atoms with Gasteiger partial charge in [-0.3, -0.25) is 9.80 Å². The topological polar surface area (TPSA) is 31.8 Å². The third-order valence-corrected chi connectivity index (χ3v) is 7.87. The second kappa shape index (κ2) is 8.72. The standard InChI is InChI=1S/C23H32N4OS/c1-25(17-22-15-24-23(29-22)26-9-11-28-12-10-26)20-7-4-8-27(16-20)21-13-18-5-2-3-6-19(18)14-21/h2-3,5-6,15,20-21H,4,7-14,16-17H2,1H3/t20-/m0/s1. The van der Waals surface area contributed by atoms with Crippen molar-refractivity contribution >= 4 is 16.5 Å². The minimum Gasteiger partial charge on any atom is -0.378 e. The lowest BCUT2D eigenvalue weighted by Crippen LogP contribution is -2.50.